The second-order valence-corrected chi connectivity index (χ2v) is 6.07. The minimum absolute atomic E-state index is 0.163. The predicted octanol–water partition coefficient (Wildman–Crippen LogP) is 3.32. The maximum absolute atomic E-state index is 12.9. The highest BCUT2D eigenvalue weighted by Gasteiger charge is 2.18. The molecule has 0 radical (unpaired) electrons. The number of hydrogen-bond donors (Lipinski definition) is 2. The Kier molecular flexibility index (Phi) is 4.15. The fourth-order valence-electron chi connectivity index (χ4n) is 1.61. The fourth-order valence-corrected chi connectivity index (χ4v) is 3.20. The molecule has 0 spiro atoms. The summed E-state index contributed by atoms with van der Waals surface area (Å²) in [6.07, 6.45) is 0. The van der Waals surface area contributed by atoms with E-state index in [9.17, 15) is 12.8 Å². The monoisotopic (exact) mass is 314 g/mol. The Labute approximate surface area is 121 Å². The van der Waals surface area contributed by atoms with Crippen molar-refractivity contribution in [2.45, 2.75) is 4.90 Å². The van der Waals surface area contributed by atoms with Gasteiger partial charge in [-0.25, -0.2) is 12.8 Å². The molecule has 0 amide bonds. The van der Waals surface area contributed by atoms with Crippen LogP contribution in [-0.4, -0.2) is 15.5 Å². The van der Waals surface area contributed by atoms with E-state index in [0.29, 0.717) is 5.69 Å². The van der Waals surface area contributed by atoms with Crippen LogP contribution in [0.2, 0.25) is 5.02 Å². The first kappa shape index (κ1) is 14.6. The summed E-state index contributed by atoms with van der Waals surface area (Å²) in [7, 11) is -2.09. The van der Waals surface area contributed by atoms with Crippen LogP contribution in [0.25, 0.3) is 0 Å². The van der Waals surface area contributed by atoms with Crippen LogP contribution in [0.4, 0.5) is 15.8 Å². The number of hydrogen-bond acceptors (Lipinski definition) is 3. The molecule has 2 aromatic rings. The second kappa shape index (κ2) is 5.68. The molecule has 2 N–H and O–H groups in total. The predicted molar refractivity (Wildman–Crippen MR) is 78.2 cm³/mol. The molecule has 0 unspecified atom stereocenters. The van der Waals surface area contributed by atoms with Gasteiger partial charge in [-0.1, -0.05) is 11.6 Å². The Morgan fingerprint density at radius 2 is 1.65 bits per heavy atom. The highest BCUT2D eigenvalue weighted by atomic mass is 35.5. The van der Waals surface area contributed by atoms with E-state index >= 15 is 0 Å². The first-order valence-corrected chi connectivity index (χ1v) is 7.54. The lowest BCUT2D eigenvalue weighted by Crippen LogP contribution is -2.13. The van der Waals surface area contributed by atoms with Crippen LogP contribution >= 0.6 is 11.6 Å². The topological polar surface area (TPSA) is 58.2 Å². The van der Waals surface area contributed by atoms with E-state index in [1.807, 2.05) is 0 Å². The van der Waals surface area contributed by atoms with Crippen molar-refractivity contribution in [1.29, 1.82) is 0 Å². The highest BCUT2D eigenvalue weighted by molar-refractivity contribution is 7.92. The summed E-state index contributed by atoms with van der Waals surface area (Å²) in [4.78, 5) is -0.168. The third-order valence-electron chi connectivity index (χ3n) is 2.61. The van der Waals surface area contributed by atoms with Crippen molar-refractivity contribution >= 4 is 33.0 Å². The summed E-state index contributed by atoms with van der Waals surface area (Å²) < 4.78 is 39.6. The largest absolute Gasteiger partial charge is 0.388 e. The summed E-state index contributed by atoms with van der Waals surface area (Å²) in [5.41, 5.74) is 1.25. The van der Waals surface area contributed by atoms with Gasteiger partial charge in [-0.3, -0.25) is 4.72 Å². The van der Waals surface area contributed by atoms with Gasteiger partial charge in [-0.2, -0.15) is 0 Å². The lowest BCUT2D eigenvalue weighted by Gasteiger charge is -2.10. The molecule has 0 saturated heterocycles. The number of benzene rings is 2. The van der Waals surface area contributed by atoms with Gasteiger partial charge in [0.15, 0.2) is 0 Å². The molecule has 0 heterocycles. The third kappa shape index (κ3) is 3.20. The Morgan fingerprint density at radius 3 is 2.20 bits per heavy atom. The molecule has 0 atom stereocenters. The third-order valence-corrected chi connectivity index (χ3v) is 4.47. The smallest absolute Gasteiger partial charge is 0.263 e. The van der Waals surface area contributed by atoms with Gasteiger partial charge < -0.3 is 5.32 Å². The molecular formula is C13H12ClFN2O2S. The van der Waals surface area contributed by atoms with Crippen molar-refractivity contribution in [2.24, 2.45) is 0 Å². The number of sulfonamides is 1. The molecule has 0 aromatic heterocycles. The average molecular weight is 315 g/mol. The lowest BCUT2D eigenvalue weighted by atomic mass is 10.3. The molecule has 106 valence electrons. The van der Waals surface area contributed by atoms with Crippen molar-refractivity contribution < 1.29 is 12.8 Å². The van der Waals surface area contributed by atoms with E-state index in [1.54, 1.807) is 31.3 Å². The fraction of sp³-hybridized carbons (Fsp3) is 0.0769. The van der Waals surface area contributed by atoms with Crippen LogP contribution in [0.5, 0.6) is 0 Å². The van der Waals surface area contributed by atoms with E-state index in [1.165, 1.54) is 0 Å². The maximum Gasteiger partial charge on any atom is 0.263 e. The average Bonchev–Trinajstić information content (AvgIpc) is 2.38. The van der Waals surface area contributed by atoms with Crippen LogP contribution < -0.4 is 10.0 Å². The van der Waals surface area contributed by atoms with E-state index in [4.69, 9.17) is 11.6 Å². The van der Waals surface area contributed by atoms with E-state index in [2.05, 4.69) is 10.0 Å². The summed E-state index contributed by atoms with van der Waals surface area (Å²) in [6.45, 7) is 0. The van der Waals surface area contributed by atoms with Gasteiger partial charge in [0, 0.05) is 18.4 Å². The van der Waals surface area contributed by atoms with Crippen molar-refractivity contribution in [2.75, 3.05) is 17.1 Å². The van der Waals surface area contributed by atoms with Crippen molar-refractivity contribution in [3.8, 4) is 0 Å². The zero-order chi connectivity index (χ0) is 14.8. The van der Waals surface area contributed by atoms with Crippen LogP contribution in [0.1, 0.15) is 0 Å². The highest BCUT2D eigenvalue weighted by Crippen LogP contribution is 2.25. The van der Waals surface area contributed by atoms with Gasteiger partial charge in [-0.05, 0) is 42.5 Å². The minimum Gasteiger partial charge on any atom is -0.388 e. The molecule has 2 rings (SSSR count). The molecular weight excluding hydrogens is 303 g/mol. The van der Waals surface area contributed by atoms with Crippen LogP contribution in [0.3, 0.4) is 0 Å². The lowest BCUT2D eigenvalue weighted by molar-refractivity contribution is 0.600. The van der Waals surface area contributed by atoms with Gasteiger partial charge in [0.05, 0.1) is 5.02 Å². The standard InChI is InChI=1S/C13H12ClFN2O2S/c1-16-10-3-5-11(6-4-10)17-20(18,19)13-7-2-9(15)8-12(13)14/h2-8,16-17H,1H3. The van der Waals surface area contributed by atoms with Gasteiger partial charge in [-0.15, -0.1) is 0 Å². The van der Waals surface area contributed by atoms with Gasteiger partial charge in [0.1, 0.15) is 10.7 Å². The van der Waals surface area contributed by atoms with E-state index < -0.39 is 15.8 Å². The van der Waals surface area contributed by atoms with E-state index in [-0.39, 0.29) is 9.92 Å². The molecule has 20 heavy (non-hydrogen) atoms. The minimum atomic E-state index is -3.85. The van der Waals surface area contributed by atoms with Crippen LogP contribution in [-0.2, 0) is 10.0 Å². The first-order chi connectivity index (χ1) is 9.42. The maximum atomic E-state index is 12.9. The quantitative estimate of drug-likeness (QED) is 0.910. The molecule has 2 aromatic carbocycles. The number of nitrogens with one attached hydrogen (secondary N) is 2. The Balaban J connectivity index is 2.30. The second-order valence-electron chi connectivity index (χ2n) is 4.01. The number of rotatable bonds is 4. The molecule has 0 aliphatic rings. The molecule has 4 nitrogen and oxygen atoms in total. The zero-order valence-corrected chi connectivity index (χ0v) is 12.1. The summed E-state index contributed by atoms with van der Waals surface area (Å²) >= 11 is 5.76. The van der Waals surface area contributed by atoms with Crippen molar-refractivity contribution in [3.05, 3.63) is 53.3 Å². The summed E-state index contributed by atoms with van der Waals surface area (Å²) in [5.74, 6) is -0.590. The van der Waals surface area contributed by atoms with Gasteiger partial charge in [0.2, 0.25) is 0 Å². The molecule has 0 fully saturated rings. The normalized spacial score (nSPS) is 11.2. The van der Waals surface area contributed by atoms with Crippen molar-refractivity contribution in [1.82, 2.24) is 0 Å². The number of halogens is 2. The van der Waals surface area contributed by atoms with Gasteiger partial charge in [0.25, 0.3) is 10.0 Å². The van der Waals surface area contributed by atoms with E-state index in [0.717, 1.165) is 23.9 Å². The SMILES string of the molecule is CNc1ccc(NS(=O)(=O)c2ccc(F)cc2Cl)cc1. The summed E-state index contributed by atoms with van der Waals surface area (Å²) in [6, 6.07) is 9.81. The number of anilines is 2. The molecule has 0 bridgehead atoms. The molecule has 7 heteroatoms. The van der Waals surface area contributed by atoms with Crippen LogP contribution in [0.15, 0.2) is 47.4 Å². The molecule has 0 aliphatic heterocycles. The Bertz CT molecular complexity index is 718. The van der Waals surface area contributed by atoms with Crippen LogP contribution in [0, 0.1) is 5.82 Å². The van der Waals surface area contributed by atoms with Crippen molar-refractivity contribution in [3.63, 3.8) is 0 Å². The Morgan fingerprint density at radius 1 is 1.05 bits per heavy atom. The molecule has 0 aliphatic carbocycles. The molecule has 0 saturated carbocycles. The first-order valence-electron chi connectivity index (χ1n) is 5.68. The Hall–Kier alpha value is -1.79. The zero-order valence-electron chi connectivity index (χ0n) is 10.5. The summed E-state index contributed by atoms with van der Waals surface area (Å²) in [5, 5.41) is 2.76. The van der Waals surface area contributed by atoms with Gasteiger partial charge >= 0.3 is 0 Å².